The largest absolute Gasteiger partial charge is 0.438 e. The van der Waals surface area contributed by atoms with Crippen LogP contribution in [0.3, 0.4) is 0 Å². The third kappa shape index (κ3) is 1.67. The van der Waals surface area contributed by atoms with Crippen LogP contribution in [0.15, 0.2) is 16.5 Å². The number of hydrogen-bond donors (Lipinski definition) is 0. The number of piperidine rings is 1. The Morgan fingerprint density at radius 2 is 2.36 bits per heavy atom. The van der Waals surface area contributed by atoms with Gasteiger partial charge < -0.3 is 9.32 Å². The third-order valence-corrected chi connectivity index (χ3v) is 2.81. The summed E-state index contributed by atoms with van der Waals surface area (Å²) in [5, 5.41) is 0. The fourth-order valence-corrected chi connectivity index (χ4v) is 1.99. The van der Waals surface area contributed by atoms with Crippen LogP contribution < -0.4 is 4.90 Å². The van der Waals surface area contributed by atoms with Crippen LogP contribution in [-0.4, -0.2) is 18.9 Å². The fraction of sp³-hybridized carbons (Fsp3) is 0.545. The molecule has 1 aliphatic rings. The standard InChI is InChI=1S/C11H15NO2/c1-9-4-2-3-7-12(9)11-6-5-10(8-13)14-11/h5-6,8-9H,2-4,7H2,1H3/t9-/m1/s1. The zero-order valence-electron chi connectivity index (χ0n) is 8.40. The van der Waals surface area contributed by atoms with Crippen LogP contribution >= 0.6 is 0 Å². The average Bonchev–Trinajstić information content (AvgIpc) is 2.67. The lowest BCUT2D eigenvalue weighted by Crippen LogP contribution is -2.37. The smallest absolute Gasteiger partial charge is 0.196 e. The van der Waals surface area contributed by atoms with Crippen molar-refractivity contribution in [1.82, 2.24) is 0 Å². The molecule has 1 fully saturated rings. The van der Waals surface area contributed by atoms with Gasteiger partial charge in [-0.15, -0.1) is 0 Å². The van der Waals surface area contributed by atoms with E-state index in [9.17, 15) is 4.79 Å². The summed E-state index contributed by atoms with van der Waals surface area (Å²) in [4.78, 5) is 12.7. The molecular weight excluding hydrogens is 178 g/mol. The summed E-state index contributed by atoms with van der Waals surface area (Å²) in [6, 6.07) is 4.13. The fourth-order valence-electron chi connectivity index (χ4n) is 1.99. The number of anilines is 1. The number of nitrogens with zero attached hydrogens (tertiary/aromatic N) is 1. The Bertz CT molecular complexity index is 319. The summed E-state index contributed by atoms with van der Waals surface area (Å²) in [6.45, 7) is 3.23. The van der Waals surface area contributed by atoms with E-state index in [4.69, 9.17) is 4.42 Å². The molecule has 1 aromatic rings. The molecule has 0 bridgehead atoms. The van der Waals surface area contributed by atoms with Crippen molar-refractivity contribution < 1.29 is 9.21 Å². The van der Waals surface area contributed by atoms with Crippen molar-refractivity contribution >= 4 is 12.2 Å². The zero-order valence-corrected chi connectivity index (χ0v) is 8.40. The van der Waals surface area contributed by atoms with Gasteiger partial charge in [-0.05, 0) is 32.3 Å². The lowest BCUT2D eigenvalue weighted by atomic mass is 10.0. The van der Waals surface area contributed by atoms with Gasteiger partial charge in [-0.1, -0.05) is 0 Å². The average molecular weight is 193 g/mol. The molecule has 0 N–H and O–H groups in total. The maximum Gasteiger partial charge on any atom is 0.196 e. The lowest BCUT2D eigenvalue weighted by molar-refractivity contribution is 0.110. The van der Waals surface area contributed by atoms with Gasteiger partial charge in [-0.25, -0.2) is 0 Å². The van der Waals surface area contributed by atoms with Crippen molar-refractivity contribution in [3.8, 4) is 0 Å². The molecule has 0 radical (unpaired) electrons. The summed E-state index contributed by atoms with van der Waals surface area (Å²) in [7, 11) is 0. The van der Waals surface area contributed by atoms with Gasteiger partial charge in [0.15, 0.2) is 17.9 Å². The quantitative estimate of drug-likeness (QED) is 0.676. The Hall–Kier alpha value is -1.25. The minimum atomic E-state index is 0.415. The molecule has 0 saturated carbocycles. The summed E-state index contributed by atoms with van der Waals surface area (Å²) >= 11 is 0. The van der Waals surface area contributed by atoms with Crippen molar-refractivity contribution in [3.63, 3.8) is 0 Å². The van der Waals surface area contributed by atoms with Gasteiger partial charge in [0.25, 0.3) is 0 Å². The highest BCUT2D eigenvalue weighted by molar-refractivity contribution is 5.71. The van der Waals surface area contributed by atoms with E-state index in [1.165, 1.54) is 19.3 Å². The molecule has 0 unspecified atom stereocenters. The first-order chi connectivity index (χ1) is 6.81. The number of rotatable bonds is 2. The second-order valence-corrected chi connectivity index (χ2v) is 3.83. The molecule has 76 valence electrons. The van der Waals surface area contributed by atoms with Crippen LogP contribution in [0.4, 0.5) is 5.88 Å². The van der Waals surface area contributed by atoms with E-state index in [0.29, 0.717) is 11.8 Å². The minimum absolute atomic E-state index is 0.415. The normalized spacial score (nSPS) is 22.4. The Morgan fingerprint density at radius 3 is 3.00 bits per heavy atom. The summed E-state index contributed by atoms with van der Waals surface area (Å²) in [5.74, 6) is 1.25. The molecule has 3 nitrogen and oxygen atoms in total. The first-order valence-electron chi connectivity index (χ1n) is 5.13. The summed E-state index contributed by atoms with van der Waals surface area (Å²) in [5.41, 5.74) is 0. The molecule has 1 aromatic heterocycles. The molecule has 0 aliphatic carbocycles. The van der Waals surface area contributed by atoms with Crippen molar-refractivity contribution in [3.05, 3.63) is 17.9 Å². The molecule has 1 atom stereocenters. The molecule has 0 aromatic carbocycles. The maximum atomic E-state index is 10.5. The van der Waals surface area contributed by atoms with Crippen LogP contribution in [0, 0.1) is 0 Å². The number of furan rings is 1. The predicted octanol–water partition coefficient (Wildman–Crippen LogP) is 2.47. The highest BCUT2D eigenvalue weighted by Gasteiger charge is 2.20. The topological polar surface area (TPSA) is 33.5 Å². The molecular formula is C11H15NO2. The maximum absolute atomic E-state index is 10.5. The second-order valence-electron chi connectivity index (χ2n) is 3.83. The van der Waals surface area contributed by atoms with Crippen LogP contribution in [-0.2, 0) is 0 Å². The molecule has 3 heteroatoms. The SMILES string of the molecule is C[C@@H]1CCCCN1c1ccc(C=O)o1. The third-order valence-electron chi connectivity index (χ3n) is 2.81. The van der Waals surface area contributed by atoms with Crippen molar-refractivity contribution in [2.24, 2.45) is 0 Å². The van der Waals surface area contributed by atoms with E-state index in [-0.39, 0.29) is 0 Å². The molecule has 0 amide bonds. The van der Waals surface area contributed by atoms with Gasteiger partial charge in [0.05, 0.1) is 0 Å². The monoisotopic (exact) mass is 193 g/mol. The Balaban J connectivity index is 2.16. The number of hydrogen-bond acceptors (Lipinski definition) is 3. The van der Waals surface area contributed by atoms with Crippen LogP contribution in [0.1, 0.15) is 36.7 Å². The van der Waals surface area contributed by atoms with Crippen molar-refractivity contribution in [2.75, 3.05) is 11.4 Å². The highest BCUT2D eigenvalue weighted by atomic mass is 16.4. The molecule has 1 aliphatic heterocycles. The first-order valence-corrected chi connectivity index (χ1v) is 5.13. The number of carbonyl (C=O) groups is 1. The predicted molar refractivity (Wildman–Crippen MR) is 54.8 cm³/mol. The Labute approximate surface area is 83.7 Å². The second kappa shape index (κ2) is 3.86. The van der Waals surface area contributed by atoms with Crippen LogP contribution in [0.2, 0.25) is 0 Å². The van der Waals surface area contributed by atoms with E-state index in [1.54, 1.807) is 6.07 Å². The van der Waals surface area contributed by atoms with Gasteiger partial charge >= 0.3 is 0 Å². The highest BCUT2D eigenvalue weighted by Crippen LogP contribution is 2.25. The van der Waals surface area contributed by atoms with E-state index >= 15 is 0 Å². The zero-order chi connectivity index (χ0) is 9.97. The van der Waals surface area contributed by atoms with Gasteiger partial charge in [0.2, 0.25) is 0 Å². The molecule has 2 rings (SSSR count). The summed E-state index contributed by atoms with van der Waals surface area (Å²) < 4.78 is 5.40. The van der Waals surface area contributed by atoms with E-state index < -0.39 is 0 Å². The van der Waals surface area contributed by atoms with Gasteiger partial charge in [-0.3, -0.25) is 4.79 Å². The van der Waals surface area contributed by atoms with E-state index in [2.05, 4.69) is 11.8 Å². The number of aldehydes is 1. The minimum Gasteiger partial charge on any atom is -0.438 e. The Morgan fingerprint density at radius 1 is 1.50 bits per heavy atom. The summed E-state index contributed by atoms with van der Waals surface area (Å²) in [6.07, 6.45) is 4.45. The molecule has 0 spiro atoms. The number of carbonyl (C=O) groups excluding carboxylic acids is 1. The Kier molecular flexibility index (Phi) is 2.57. The first kappa shape index (κ1) is 9.31. The van der Waals surface area contributed by atoms with E-state index in [0.717, 1.165) is 18.7 Å². The van der Waals surface area contributed by atoms with Gasteiger partial charge in [0.1, 0.15) is 0 Å². The van der Waals surface area contributed by atoms with Gasteiger partial charge in [-0.2, -0.15) is 0 Å². The van der Waals surface area contributed by atoms with E-state index in [1.807, 2.05) is 6.07 Å². The van der Waals surface area contributed by atoms with Gasteiger partial charge in [0, 0.05) is 18.7 Å². The molecule has 2 heterocycles. The lowest BCUT2D eigenvalue weighted by Gasteiger charge is -2.32. The molecule has 1 saturated heterocycles. The van der Waals surface area contributed by atoms with Crippen molar-refractivity contribution in [2.45, 2.75) is 32.2 Å². The van der Waals surface area contributed by atoms with Crippen LogP contribution in [0.5, 0.6) is 0 Å². The van der Waals surface area contributed by atoms with Crippen molar-refractivity contribution in [1.29, 1.82) is 0 Å². The van der Waals surface area contributed by atoms with Crippen LogP contribution in [0.25, 0.3) is 0 Å². The molecule has 14 heavy (non-hydrogen) atoms.